The number of hydrogen-bond acceptors (Lipinski definition) is 3. The molecule has 0 aliphatic heterocycles. The third-order valence-electron chi connectivity index (χ3n) is 4.63. The molecule has 0 spiro atoms. The summed E-state index contributed by atoms with van der Waals surface area (Å²) >= 11 is 0. The lowest BCUT2D eigenvalue weighted by Gasteiger charge is -2.09. The number of hydrogen-bond donors (Lipinski definition) is 1. The lowest BCUT2D eigenvalue weighted by atomic mass is 10.1. The standard InChI is InChI=1S/C19H25N3O2/c1-4-22-14(3)18(13(2)21-22)19(23)20-10-11-24-17-9-8-15-6-5-7-16(15)12-17/h8-9,12H,4-7,10-11H2,1-3H3,(H,20,23). The molecule has 5 nitrogen and oxygen atoms in total. The van der Waals surface area contributed by atoms with E-state index in [1.54, 1.807) is 0 Å². The highest BCUT2D eigenvalue weighted by Gasteiger charge is 2.17. The van der Waals surface area contributed by atoms with E-state index in [0.717, 1.165) is 30.1 Å². The number of aromatic nitrogens is 2. The van der Waals surface area contributed by atoms with Crippen LogP contribution in [0.4, 0.5) is 0 Å². The molecule has 1 amide bonds. The van der Waals surface area contributed by atoms with Gasteiger partial charge >= 0.3 is 0 Å². The molecule has 0 saturated carbocycles. The Morgan fingerprint density at radius 2 is 2.08 bits per heavy atom. The highest BCUT2D eigenvalue weighted by molar-refractivity contribution is 5.96. The monoisotopic (exact) mass is 327 g/mol. The van der Waals surface area contributed by atoms with Crippen LogP contribution < -0.4 is 10.1 Å². The van der Waals surface area contributed by atoms with E-state index in [4.69, 9.17) is 4.74 Å². The van der Waals surface area contributed by atoms with Crippen molar-refractivity contribution in [2.45, 2.75) is 46.6 Å². The van der Waals surface area contributed by atoms with Crippen LogP contribution in [-0.2, 0) is 19.4 Å². The normalized spacial score (nSPS) is 13.0. The van der Waals surface area contributed by atoms with Crippen molar-refractivity contribution in [1.29, 1.82) is 0 Å². The van der Waals surface area contributed by atoms with Crippen molar-refractivity contribution in [2.24, 2.45) is 0 Å². The van der Waals surface area contributed by atoms with Crippen LogP contribution in [0.3, 0.4) is 0 Å². The number of ether oxygens (including phenoxy) is 1. The molecule has 128 valence electrons. The first kappa shape index (κ1) is 16.6. The number of aryl methyl sites for hydroxylation is 4. The molecule has 0 saturated heterocycles. The van der Waals surface area contributed by atoms with Crippen molar-refractivity contribution in [2.75, 3.05) is 13.2 Å². The van der Waals surface area contributed by atoms with Crippen LogP contribution in [0, 0.1) is 13.8 Å². The van der Waals surface area contributed by atoms with Crippen molar-refractivity contribution in [1.82, 2.24) is 15.1 Å². The van der Waals surface area contributed by atoms with Gasteiger partial charge in [-0.15, -0.1) is 0 Å². The van der Waals surface area contributed by atoms with E-state index in [1.165, 1.54) is 24.0 Å². The minimum atomic E-state index is -0.0812. The van der Waals surface area contributed by atoms with E-state index in [2.05, 4.69) is 22.5 Å². The summed E-state index contributed by atoms with van der Waals surface area (Å²) in [6, 6.07) is 6.30. The van der Waals surface area contributed by atoms with E-state index >= 15 is 0 Å². The van der Waals surface area contributed by atoms with Gasteiger partial charge in [0.05, 0.1) is 17.8 Å². The number of benzene rings is 1. The number of rotatable bonds is 6. The summed E-state index contributed by atoms with van der Waals surface area (Å²) in [6.07, 6.45) is 3.55. The lowest BCUT2D eigenvalue weighted by molar-refractivity contribution is 0.0945. The topological polar surface area (TPSA) is 56.2 Å². The predicted molar refractivity (Wildman–Crippen MR) is 93.7 cm³/mol. The van der Waals surface area contributed by atoms with E-state index in [1.807, 2.05) is 31.5 Å². The third kappa shape index (κ3) is 3.30. The second-order valence-corrected chi connectivity index (χ2v) is 6.25. The largest absolute Gasteiger partial charge is 0.492 e. The molecule has 1 aromatic heterocycles. The van der Waals surface area contributed by atoms with Gasteiger partial charge in [0.1, 0.15) is 12.4 Å². The molecule has 1 aromatic carbocycles. The molecule has 1 N–H and O–H groups in total. The first-order valence-electron chi connectivity index (χ1n) is 8.67. The molecule has 1 heterocycles. The fraction of sp³-hybridized carbons (Fsp3) is 0.474. The van der Waals surface area contributed by atoms with Gasteiger partial charge in [0, 0.05) is 12.2 Å². The molecule has 0 fully saturated rings. The van der Waals surface area contributed by atoms with Crippen LogP contribution in [0.15, 0.2) is 18.2 Å². The summed E-state index contributed by atoms with van der Waals surface area (Å²) in [5, 5.41) is 7.31. The maximum atomic E-state index is 12.4. The zero-order chi connectivity index (χ0) is 17.1. The minimum Gasteiger partial charge on any atom is -0.492 e. The van der Waals surface area contributed by atoms with Gasteiger partial charge < -0.3 is 10.1 Å². The molecule has 2 aromatic rings. The Morgan fingerprint density at radius 1 is 1.29 bits per heavy atom. The zero-order valence-corrected chi connectivity index (χ0v) is 14.7. The number of carbonyl (C=O) groups is 1. The van der Waals surface area contributed by atoms with Crippen LogP contribution in [0.1, 0.15) is 46.2 Å². The van der Waals surface area contributed by atoms with Gasteiger partial charge in [-0.2, -0.15) is 5.10 Å². The van der Waals surface area contributed by atoms with Gasteiger partial charge in [0.2, 0.25) is 0 Å². The summed E-state index contributed by atoms with van der Waals surface area (Å²) in [7, 11) is 0. The van der Waals surface area contributed by atoms with Crippen molar-refractivity contribution >= 4 is 5.91 Å². The van der Waals surface area contributed by atoms with Crippen LogP contribution in [0.2, 0.25) is 0 Å². The van der Waals surface area contributed by atoms with Crippen molar-refractivity contribution in [3.8, 4) is 5.75 Å². The first-order valence-corrected chi connectivity index (χ1v) is 8.67. The molecule has 5 heteroatoms. The molecule has 1 aliphatic carbocycles. The lowest BCUT2D eigenvalue weighted by Crippen LogP contribution is -2.29. The molecule has 0 unspecified atom stereocenters. The van der Waals surface area contributed by atoms with Gasteiger partial charge in [-0.25, -0.2) is 0 Å². The number of nitrogens with zero attached hydrogens (tertiary/aromatic N) is 2. The second-order valence-electron chi connectivity index (χ2n) is 6.25. The molecular weight excluding hydrogens is 302 g/mol. The van der Waals surface area contributed by atoms with Gasteiger partial charge in [-0.3, -0.25) is 9.48 Å². The SMILES string of the molecule is CCn1nc(C)c(C(=O)NCCOc2ccc3c(c2)CCC3)c1C. The van der Waals surface area contributed by atoms with Gasteiger partial charge in [0.25, 0.3) is 5.91 Å². The van der Waals surface area contributed by atoms with Gasteiger partial charge in [-0.1, -0.05) is 6.07 Å². The summed E-state index contributed by atoms with van der Waals surface area (Å²) in [4.78, 5) is 12.4. The summed E-state index contributed by atoms with van der Waals surface area (Å²) in [5.41, 5.74) is 5.19. The maximum absolute atomic E-state index is 12.4. The molecule has 1 aliphatic rings. The second kappa shape index (κ2) is 7.07. The fourth-order valence-corrected chi connectivity index (χ4v) is 3.39. The van der Waals surface area contributed by atoms with Gasteiger partial charge in [0.15, 0.2) is 0 Å². The van der Waals surface area contributed by atoms with E-state index < -0.39 is 0 Å². The Labute approximate surface area is 143 Å². The van der Waals surface area contributed by atoms with Crippen molar-refractivity contribution < 1.29 is 9.53 Å². The quantitative estimate of drug-likeness (QED) is 0.830. The Morgan fingerprint density at radius 3 is 2.83 bits per heavy atom. The average Bonchev–Trinajstić information content (AvgIpc) is 3.14. The molecule has 0 bridgehead atoms. The Bertz CT molecular complexity index is 749. The Hall–Kier alpha value is -2.30. The maximum Gasteiger partial charge on any atom is 0.255 e. The first-order chi connectivity index (χ1) is 11.6. The molecule has 24 heavy (non-hydrogen) atoms. The number of amides is 1. The van der Waals surface area contributed by atoms with Crippen LogP contribution >= 0.6 is 0 Å². The van der Waals surface area contributed by atoms with Crippen LogP contribution in [-0.4, -0.2) is 28.8 Å². The van der Waals surface area contributed by atoms with Crippen LogP contribution in [0.5, 0.6) is 5.75 Å². The Kier molecular flexibility index (Phi) is 4.88. The van der Waals surface area contributed by atoms with E-state index in [-0.39, 0.29) is 5.91 Å². The Balaban J connectivity index is 1.51. The van der Waals surface area contributed by atoms with Crippen molar-refractivity contribution in [3.63, 3.8) is 0 Å². The molecular formula is C19H25N3O2. The van der Waals surface area contributed by atoms with E-state index in [9.17, 15) is 4.79 Å². The summed E-state index contributed by atoms with van der Waals surface area (Å²) in [5.74, 6) is 0.804. The smallest absolute Gasteiger partial charge is 0.255 e. The minimum absolute atomic E-state index is 0.0812. The van der Waals surface area contributed by atoms with E-state index in [0.29, 0.717) is 18.7 Å². The highest BCUT2D eigenvalue weighted by atomic mass is 16.5. The van der Waals surface area contributed by atoms with Crippen LogP contribution in [0.25, 0.3) is 0 Å². The summed E-state index contributed by atoms with van der Waals surface area (Å²) in [6.45, 7) is 7.53. The fourth-order valence-electron chi connectivity index (χ4n) is 3.39. The molecule has 0 radical (unpaired) electrons. The average molecular weight is 327 g/mol. The zero-order valence-electron chi connectivity index (χ0n) is 14.7. The van der Waals surface area contributed by atoms with Crippen molar-refractivity contribution in [3.05, 3.63) is 46.3 Å². The molecule has 3 rings (SSSR count). The number of carbonyl (C=O) groups excluding carboxylic acids is 1. The number of fused-ring (bicyclic) bond motifs is 1. The number of nitrogens with one attached hydrogen (secondary N) is 1. The summed E-state index contributed by atoms with van der Waals surface area (Å²) < 4.78 is 7.62. The molecule has 0 atom stereocenters. The third-order valence-corrected chi connectivity index (χ3v) is 4.63. The predicted octanol–water partition coefficient (Wildman–Crippen LogP) is 2.82. The van der Waals surface area contributed by atoms with Gasteiger partial charge in [-0.05, 0) is 63.3 Å². The highest BCUT2D eigenvalue weighted by Crippen LogP contribution is 2.25.